The summed E-state index contributed by atoms with van der Waals surface area (Å²) >= 11 is 0. The summed E-state index contributed by atoms with van der Waals surface area (Å²) in [5, 5.41) is 3.52. The van der Waals surface area contributed by atoms with Crippen LogP contribution in [0.25, 0.3) is 0 Å². The SMILES string of the molecule is CN1[C@@H]2CC[C@H]1CC(Nc1nccc(C3C(c4ccc(F)cc4F)N=C4OC=CN43)n1)C2. The number of nitrogens with zero attached hydrogens (tertiary/aromatic N) is 5. The number of halogens is 2. The summed E-state index contributed by atoms with van der Waals surface area (Å²) in [6.45, 7) is 0. The minimum absolute atomic E-state index is 0.301. The Bertz CT molecular complexity index is 1090. The average Bonchev–Trinajstić information content (AvgIpc) is 3.40. The highest BCUT2D eigenvalue weighted by Gasteiger charge is 2.43. The van der Waals surface area contributed by atoms with Crippen LogP contribution in [0.2, 0.25) is 0 Å². The number of hydrogen-bond donors (Lipinski definition) is 1. The summed E-state index contributed by atoms with van der Waals surface area (Å²) in [6, 6.07) is 6.28. The highest BCUT2D eigenvalue weighted by atomic mass is 19.1. The van der Waals surface area contributed by atoms with Crippen molar-refractivity contribution in [2.24, 2.45) is 4.99 Å². The van der Waals surface area contributed by atoms with Gasteiger partial charge in [0.2, 0.25) is 5.95 Å². The number of amidine groups is 1. The number of nitrogens with one attached hydrogen (secondary N) is 1. The molecule has 3 unspecified atom stereocenters. The Kier molecular flexibility index (Phi) is 4.60. The van der Waals surface area contributed by atoms with Crippen LogP contribution in [-0.2, 0) is 4.74 Å². The molecule has 0 aliphatic carbocycles. The third-order valence-corrected chi connectivity index (χ3v) is 7.16. The average molecular weight is 438 g/mol. The van der Waals surface area contributed by atoms with Crippen molar-refractivity contribution in [1.29, 1.82) is 0 Å². The molecule has 0 saturated carbocycles. The Balaban J connectivity index is 1.29. The van der Waals surface area contributed by atoms with Gasteiger partial charge in [-0.2, -0.15) is 0 Å². The molecule has 1 aromatic carbocycles. The molecule has 2 bridgehead atoms. The summed E-state index contributed by atoms with van der Waals surface area (Å²) in [5.41, 5.74) is 0.997. The standard InChI is InChI=1S/C23H24F2N6O/c1-30-15-3-4-16(30)12-14(11-15)27-22-26-7-6-19(28-22)21-20(29-23-31(21)8-9-32-23)17-5-2-13(24)10-18(17)25/h2,5-10,14-16,20-21H,3-4,11-12H2,1H3,(H,26,27,28)/t14?,15-,16+,20?,21?. The zero-order valence-corrected chi connectivity index (χ0v) is 17.7. The van der Waals surface area contributed by atoms with E-state index in [1.807, 2.05) is 11.0 Å². The second-order valence-electron chi connectivity index (χ2n) is 8.95. The summed E-state index contributed by atoms with van der Waals surface area (Å²) < 4.78 is 33.6. The van der Waals surface area contributed by atoms with Crippen molar-refractivity contribution < 1.29 is 13.5 Å². The number of anilines is 1. The summed E-state index contributed by atoms with van der Waals surface area (Å²) in [7, 11) is 2.22. The summed E-state index contributed by atoms with van der Waals surface area (Å²) in [5.74, 6) is -0.693. The van der Waals surface area contributed by atoms with Gasteiger partial charge in [0.1, 0.15) is 30.0 Å². The molecule has 0 amide bonds. The summed E-state index contributed by atoms with van der Waals surface area (Å²) in [4.78, 5) is 18.1. The first-order valence-corrected chi connectivity index (χ1v) is 11.0. The van der Waals surface area contributed by atoms with Gasteiger partial charge in [0.25, 0.3) is 6.02 Å². The number of aromatic nitrogens is 2. The quantitative estimate of drug-likeness (QED) is 0.785. The van der Waals surface area contributed by atoms with E-state index in [1.165, 1.54) is 31.2 Å². The van der Waals surface area contributed by atoms with Crippen molar-refractivity contribution in [2.75, 3.05) is 12.4 Å². The minimum atomic E-state index is -0.635. The largest absolute Gasteiger partial charge is 0.432 e. The van der Waals surface area contributed by atoms with Crippen molar-refractivity contribution in [3.63, 3.8) is 0 Å². The summed E-state index contributed by atoms with van der Waals surface area (Å²) in [6.07, 6.45) is 9.65. The number of fused-ring (bicyclic) bond motifs is 3. The molecule has 1 N–H and O–H groups in total. The maximum absolute atomic E-state index is 14.6. The van der Waals surface area contributed by atoms with Crippen LogP contribution in [-0.4, -0.2) is 51.0 Å². The molecule has 6 rings (SSSR count). The second-order valence-corrected chi connectivity index (χ2v) is 8.95. The maximum Gasteiger partial charge on any atom is 0.298 e. The second kappa shape index (κ2) is 7.51. The Morgan fingerprint density at radius 3 is 2.72 bits per heavy atom. The Hall–Kier alpha value is -3.07. The number of rotatable bonds is 4. The molecule has 2 aromatic rings. The third-order valence-electron chi connectivity index (χ3n) is 7.16. The zero-order chi connectivity index (χ0) is 21.8. The number of aliphatic imine (C=N–C) groups is 1. The lowest BCUT2D eigenvalue weighted by Gasteiger charge is -2.36. The van der Waals surface area contributed by atoms with Crippen molar-refractivity contribution >= 4 is 12.0 Å². The van der Waals surface area contributed by atoms with Gasteiger partial charge in [-0.05, 0) is 44.9 Å². The molecule has 166 valence electrons. The van der Waals surface area contributed by atoms with Crippen LogP contribution in [0.3, 0.4) is 0 Å². The van der Waals surface area contributed by atoms with Crippen LogP contribution in [0.4, 0.5) is 14.7 Å². The van der Waals surface area contributed by atoms with Crippen LogP contribution in [0.5, 0.6) is 0 Å². The van der Waals surface area contributed by atoms with Crippen LogP contribution in [0.1, 0.15) is 49.0 Å². The molecule has 1 aromatic heterocycles. The lowest BCUT2D eigenvalue weighted by molar-refractivity contribution is 0.168. The fourth-order valence-electron chi connectivity index (χ4n) is 5.54. The first-order chi connectivity index (χ1) is 15.6. The topological polar surface area (TPSA) is 65.9 Å². The van der Waals surface area contributed by atoms with E-state index in [4.69, 9.17) is 9.72 Å². The third kappa shape index (κ3) is 3.23. The van der Waals surface area contributed by atoms with Gasteiger partial charge in [0.05, 0.1) is 5.69 Å². The fourth-order valence-corrected chi connectivity index (χ4v) is 5.54. The van der Waals surface area contributed by atoms with Gasteiger partial charge in [-0.3, -0.25) is 4.90 Å². The van der Waals surface area contributed by atoms with E-state index >= 15 is 0 Å². The van der Waals surface area contributed by atoms with Crippen molar-refractivity contribution in [1.82, 2.24) is 19.8 Å². The Morgan fingerprint density at radius 1 is 1.12 bits per heavy atom. The molecule has 9 heteroatoms. The van der Waals surface area contributed by atoms with E-state index in [9.17, 15) is 8.78 Å². The van der Waals surface area contributed by atoms with Crippen LogP contribution < -0.4 is 5.32 Å². The smallest absolute Gasteiger partial charge is 0.298 e. The molecule has 5 atom stereocenters. The fraction of sp³-hybridized carbons (Fsp3) is 0.435. The van der Waals surface area contributed by atoms with Gasteiger partial charge in [0.15, 0.2) is 0 Å². The zero-order valence-electron chi connectivity index (χ0n) is 17.7. The van der Waals surface area contributed by atoms with Gasteiger partial charge in [-0.15, -0.1) is 0 Å². The first-order valence-electron chi connectivity index (χ1n) is 11.0. The van der Waals surface area contributed by atoms with Gasteiger partial charge in [-0.25, -0.2) is 23.7 Å². The Labute approximate surface area is 184 Å². The molecular weight excluding hydrogens is 414 g/mol. The molecule has 7 nitrogen and oxygen atoms in total. The van der Waals surface area contributed by atoms with E-state index in [1.54, 1.807) is 12.4 Å². The van der Waals surface area contributed by atoms with Crippen LogP contribution in [0.15, 0.2) is 47.9 Å². The molecule has 0 radical (unpaired) electrons. The normalized spacial score (nSPS) is 30.9. The molecule has 4 aliphatic heterocycles. The van der Waals surface area contributed by atoms with E-state index in [0.717, 1.165) is 18.9 Å². The van der Waals surface area contributed by atoms with E-state index in [0.29, 0.717) is 41.4 Å². The lowest BCUT2D eigenvalue weighted by atomic mass is 9.96. The van der Waals surface area contributed by atoms with Gasteiger partial charge >= 0.3 is 0 Å². The van der Waals surface area contributed by atoms with Gasteiger partial charge < -0.3 is 15.0 Å². The molecule has 0 spiro atoms. The minimum Gasteiger partial charge on any atom is -0.432 e. The maximum atomic E-state index is 14.6. The van der Waals surface area contributed by atoms with Crippen molar-refractivity contribution in [3.8, 4) is 0 Å². The molecule has 32 heavy (non-hydrogen) atoms. The molecule has 2 fully saturated rings. The molecule has 4 aliphatic rings. The van der Waals surface area contributed by atoms with Gasteiger partial charge in [-0.1, -0.05) is 6.07 Å². The predicted molar refractivity (Wildman–Crippen MR) is 115 cm³/mol. The van der Waals surface area contributed by atoms with E-state index in [2.05, 4.69) is 27.2 Å². The monoisotopic (exact) mass is 438 g/mol. The molecule has 5 heterocycles. The number of benzene rings is 1. The van der Waals surface area contributed by atoms with Crippen molar-refractivity contribution in [3.05, 3.63) is 65.8 Å². The first kappa shape index (κ1) is 19.6. The van der Waals surface area contributed by atoms with E-state index < -0.39 is 23.7 Å². The highest BCUT2D eigenvalue weighted by molar-refractivity contribution is 5.80. The van der Waals surface area contributed by atoms with Crippen molar-refractivity contribution in [2.45, 2.75) is 55.9 Å². The van der Waals surface area contributed by atoms with Crippen LogP contribution in [0, 0.1) is 11.6 Å². The predicted octanol–water partition coefficient (Wildman–Crippen LogP) is 3.75. The Morgan fingerprint density at radius 2 is 1.94 bits per heavy atom. The number of hydrogen-bond acceptors (Lipinski definition) is 7. The van der Waals surface area contributed by atoms with Gasteiger partial charge in [0, 0.05) is 42.2 Å². The van der Waals surface area contributed by atoms with E-state index in [-0.39, 0.29) is 0 Å². The number of piperidine rings is 1. The lowest BCUT2D eigenvalue weighted by Crippen LogP contribution is -2.44. The highest BCUT2D eigenvalue weighted by Crippen LogP contribution is 2.44. The molecule has 2 saturated heterocycles. The number of ether oxygens (including phenoxy) is 1. The van der Waals surface area contributed by atoms with Crippen LogP contribution >= 0.6 is 0 Å². The molecular formula is C23H24F2N6O.